The van der Waals surface area contributed by atoms with Crippen LogP contribution in [0.5, 0.6) is 0 Å². The summed E-state index contributed by atoms with van der Waals surface area (Å²) in [5, 5.41) is 0.618. The second-order valence-electron chi connectivity index (χ2n) is 3.20. The molecule has 0 saturated carbocycles. The van der Waals surface area contributed by atoms with Crippen molar-refractivity contribution in [2.75, 3.05) is 0 Å². The molecule has 0 fully saturated rings. The number of rotatable bonds is 0. The molecule has 1 aromatic carbocycles. The highest BCUT2D eigenvalue weighted by Gasteiger charge is 2.22. The van der Waals surface area contributed by atoms with E-state index in [0.717, 1.165) is 23.1 Å². The van der Waals surface area contributed by atoms with Crippen molar-refractivity contribution in [1.29, 1.82) is 0 Å². The lowest BCUT2D eigenvalue weighted by atomic mass is 10.1. The summed E-state index contributed by atoms with van der Waals surface area (Å²) in [4.78, 5) is 11.3. The van der Waals surface area contributed by atoms with E-state index in [1.165, 1.54) is 0 Å². The summed E-state index contributed by atoms with van der Waals surface area (Å²) in [6.45, 7) is 1.99. The van der Waals surface area contributed by atoms with Crippen LogP contribution in [0.25, 0.3) is 0 Å². The van der Waals surface area contributed by atoms with Crippen molar-refractivity contribution >= 4 is 17.4 Å². The van der Waals surface area contributed by atoms with Gasteiger partial charge in [0.2, 0.25) is 0 Å². The number of halogens is 1. The number of fused-ring (bicyclic) bond motifs is 1. The monoisotopic (exact) mass is 180 g/mol. The van der Waals surface area contributed by atoms with Crippen LogP contribution in [0.15, 0.2) is 12.1 Å². The first-order chi connectivity index (χ1) is 5.68. The molecule has 0 heterocycles. The van der Waals surface area contributed by atoms with Crippen molar-refractivity contribution < 1.29 is 4.79 Å². The fourth-order valence-electron chi connectivity index (χ4n) is 1.70. The molecule has 0 bridgehead atoms. The molecule has 0 radical (unpaired) electrons. The predicted octanol–water partition coefficient (Wildman–Crippen LogP) is 2.78. The Labute approximate surface area is 76.4 Å². The van der Waals surface area contributed by atoms with Gasteiger partial charge in [-0.2, -0.15) is 0 Å². The van der Waals surface area contributed by atoms with Crippen LogP contribution in [-0.2, 0) is 6.42 Å². The van der Waals surface area contributed by atoms with Crippen molar-refractivity contribution in [3.63, 3.8) is 0 Å². The molecule has 1 aliphatic rings. The van der Waals surface area contributed by atoms with Gasteiger partial charge in [0.1, 0.15) is 0 Å². The molecule has 0 spiro atoms. The summed E-state index contributed by atoms with van der Waals surface area (Å²) in [5.41, 5.74) is 3.00. The first-order valence-corrected chi connectivity index (χ1v) is 4.38. The average Bonchev–Trinajstić information content (AvgIpc) is 2.31. The van der Waals surface area contributed by atoms with E-state index in [-0.39, 0.29) is 5.78 Å². The van der Waals surface area contributed by atoms with Gasteiger partial charge in [-0.15, -0.1) is 0 Å². The van der Waals surface area contributed by atoms with E-state index < -0.39 is 0 Å². The van der Waals surface area contributed by atoms with Crippen LogP contribution in [0, 0.1) is 6.92 Å². The minimum Gasteiger partial charge on any atom is -0.294 e. The molecular weight excluding hydrogens is 172 g/mol. The summed E-state index contributed by atoms with van der Waals surface area (Å²) in [6, 6.07) is 3.90. The minimum atomic E-state index is 0.190. The maximum absolute atomic E-state index is 11.3. The zero-order valence-electron chi connectivity index (χ0n) is 6.86. The molecule has 62 valence electrons. The Kier molecular flexibility index (Phi) is 1.69. The van der Waals surface area contributed by atoms with Crippen LogP contribution in [0.2, 0.25) is 5.02 Å². The largest absolute Gasteiger partial charge is 0.294 e. The molecule has 1 aliphatic carbocycles. The van der Waals surface area contributed by atoms with Crippen LogP contribution >= 0.6 is 11.6 Å². The van der Waals surface area contributed by atoms with E-state index in [2.05, 4.69) is 0 Å². The highest BCUT2D eigenvalue weighted by molar-refractivity contribution is 6.34. The van der Waals surface area contributed by atoms with E-state index in [1.54, 1.807) is 0 Å². The summed E-state index contributed by atoms with van der Waals surface area (Å²) in [5.74, 6) is 0.190. The Morgan fingerprint density at radius 3 is 2.83 bits per heavy atom. The van der Waals surface area contributed by atoms with Crippen molar-refractivity contribution in [3.8, 4) is 0 Å². The van der Waals surface area contributed by atoms with Crippen LogP contribution in [0.3, 0.4) is 0 Å². The molecule has 1 aromatic rings. The number of aryl methyl sites for hydroxylation is 2. The van der Waals surface area contributed by atoms with Crippen LogP contribution in [0.1, 0.15) is 27.9 Å². The normalized spacial score (nSPS) is 15.0. The second kappa shape index (κ2) is 2.60. The maximum Gasteiger partial charge on any atom is 0.164 e. The number of hydrogen-bond donors (Lipinski definition) is 0. The predicted molar refractivity (Wildman–Crippen MR) is 48.8 cm³/mol. The zero-order chi connectivity index (χ0) is 8.72. The van der Waals surface area contributed by atoms with E-state index >= 15 is 0 Å². The summed E-state index contributed by atoms with van der Waals surface area (Å²) >= 11 is 5.95. The summed E-state index contributed by atoms with van der Waals surface area (Å²) in [7, 11) is 0. The molecule has 0 aromatic heterocycles. The van der Waals surface area contributed by atoms with Crippen LogP contribution < -0.4 is 0 Å². The van der Waals surface area contributed by atoms with Gasteiger partial charge >= 0.3 is 0 Å². The highest BCUT2D eigenvalue weighted by Crippen LogP contribution is 2.29. The first kappa shape index (κ1) is 7.81. The SMILES string of the molecule is Cc1cc(Cl)c2c(c1)CCC2=O. The Morgan fingerprint density at radius 2 is 2.08 bits per heavy atom. The van der Waals surface area contributed by atoms with E-state index in [4.69, 9.17) is 11.6 Å². The molecule has 0 N–H and O–H groups in total. The van der Waals surface area contributed by atoms with Gasteiger partial charge in [-0.1, -0.05) is 17.7 Å². The topological polar surface area (TPSA) is 17.1 Å². The summed E-state index contributed by atoms with van der Waals surface area (Å²) in [6.07, 6.45) is 1.48. The van der Waals surface area contributed by atoms with E-state index in [9.17, 15) is 4.79 Å². The molecule has 0 saturated heterocycles. The molecule has 2 heteroatoms. The minimum absolute atomic E-state index is 0.190. The second-order valence-corrected chi connectivity index (χ2v) is 3.61. The fraction of sp³-hybridized carbons (Fsp3) is 0.300. The van der Waals surface area contributed by atoms with Crippen molar-refractivity contribution in [2.24, 2.45) is 0 Å². The standard InChI is InChI=1S/C10H9ClO/c1-6-4-7-2-3-9(12)10(7)8(11)5-6/h4-5H,2-3H2,1H3. The Morgan fingerprint density at radius 1 is 1.33 bits per heavy atom. The molecule has 0 atom stereocenters. The number of hydrogen-bond acceptors (Lipinski definition) is 1. The van der Waals surface area contributed by atoms with Gasteiger partial charge < -0.3 is 0 Å². The molecule has 0 amide bonds. The lowest BCUT2D eigenvalue weighted by Crippen LogP contribution is -1.92. The molecular formula is C10H9ClO. The van der Waals surface area contributed by atoms with E-state index in [1.807, 2.05) is 19.1 Å². The smallest absolute Gasteiger partial charge is 0.164 e. The van der Waals surface area contributed by atoms with Crippen molar-refractivity contribution in [1.82, 2.24) is 0 Å². The van der Waals surface area contributed by atoms with Gasteiger partial charge in [-0.25, -0.2) is 0 Å². The van der Waals surface area contributed by atoms with Crippen LogP contribution in [0.4, 0.5) is 0 Å². The van der Waals surface area contributed by atoms with Gasteiger partial charge in [0.05, 0.1) is 5.02 Å². The number of ketones is 1. The number of benzene rings is 1. The summed E-state index contributed by atoms with van der Waals surface area (Å²) < 4.78 is 0. The van der Waals surface area contributed by atoms with Crippen LogP contribution in [-0.4, -0.2) is 5.78 Å². The first-order valence-electron chi connectivity index (χ1n) is 4.00. The lowest BCUT2D eigenvalue weighted by Gasteiger charge is -2.01. The molecule has 0 unspecified atom stereocenters. The maximum atomic E-state index is 11.3. The molecule has 2 rings (SSSR count). The van der Waals surface area contributed by atoms with Crippen molar-refractivity contribution in [3.05, 3.63) is 33.8 Å². The Balaban J connectivity index is 2.68. The molecule has 12 heavy (non-hydrogen) atoms. The Hall–Kier alpha value is -0.820. The third-order valence-corrected chi connectivity index (χ3v) is 2.51. The van der Waals surface area contributed by atoms with E-state index in [0.29, 0.717) is 11.4 Å². The third-order valence-electron chi connectivity index (χ3n) is 2.22. The highest BCUT2D eigenvalue weighted by atomic mass is 35.5. The van der Waals surface area contributed by atoms with Crippen molar-refractivity contribution in [2.45, 2.75) is 19.8 Å². The van der Waals surface area contributed by atoms with Gasteiger partial charge in [-0.3, -0.25) is 4.79 Å². The average molecular weight is 181 g/mol. The Bertz CT molecular complexity index is 355. The number of Topliss-reactive ketones (excluding diaryl/α,β-unsaturated/α-hetero) is 1. The third kappa shape index (κ3) is 1.05. The fourth-order valence-corrected chi connectivity index (χ4v) is 2.10. The molecule has 1 nitrogen and oxygen atoms in total. The quantitative estimate of drug-likeness (QED) is 0.600. The van der Waals surface area contributed by atoms with Gasteiger partial charge in [0.25, 0.3) is 0 Å². The number of carbonyl (C=O) groups is 1. The number of carbonyl (C=O) groups excluding carboxylic acids is 1. The zero-order valence-corrected chi connectivity index (χ0v) is 7.61. The molecule has 0 aliphatic heterocycles. The van der Waals surface area contributed by atoms with Gasteiger partial charge in [-0.05, 0) is 30.5 Å². The van der Waals surface area contributed by atoms with Gasteiger partial charge in [0.15, 0.2) is 5.78 Å². The lowest BCUT2D eigenvalue weighted by molar-refractivity contribution is 0.0994. The van der Waals surface area contributed by atoms with Gasteiger partial charge in [0, 0.05) is 12.0 Å².